The molecule has 2 aliphatic rings. The Morgan fingerprint density at radius 2 is 2.03 bits per heavy atom. The SMILES string of the molecule is CCC1(C)CCc2c(-c3cc4ccc(N(C)C(=O)C5CCCCC5)cc4[nH]3)n[nH]c2C1. The van der Waals surface area contributed by atoms with Crippen molar-refractivity contribution in [1.82, 2.24) is 15.2 Å². The number of carbonyl (C=O) groups is 1. The molecule has 0 radical (unpaired) electrons. The van der Waals surface area contributed by atoms with Crippen LogP contribution in [0.15, 0.2) is 24.3 Å². The topological polar surface area (TPSA) is 64.8 Å². The molecule has 3 aromatic rings. The minimum absolute atomic E-state index is 0.179. The molecule has 2 N–H and O–H groups in total. The maximum atomic E-state index is 13.0. The second-order valence-corrected chi connectivity index (χ2v) is 10.1. The van der Waals surface area contributed by atoms with E-state index in [-0.39, 0.29) is 11.8 Å². The van der Waals surface area contributed by atoms with Gasteiger partial charge in [-0.05, 0) is 55.7 Å². The van der Waals surface area contributed by atoms with Crippen LogP contribution < -0.4 is 4.90 Å². The number of nitrogens with zero attached hydrogens (tertiary/aromatic N) is 2. The van der Waals surface area contributed by atoms with Crippen molar-refractivity contribution in [3.05, 3.63) is 35.5 Å². The fraction of sp³-hybridized carbons (Fsp3) is 0.538. The second kappa shape index (κ2) is 7.85. The molecule has 31 heavy (non-hydrogen) atoms. The molecule has 1 fully saturated rings. The molecule has 1 unspecified atom stereocenters. The molecule has 5 rings (SSSR count). The van der Waals surface area contributed by atoms with E-state index in [1.807, 2.05) is 11.9 Å². The van der Waals surface area contributed by atoms with Crippen LogP contribution in [0, 0.1) is 11.3 Å². The number of H-pyrrole nitrogens is 2. The van der Waals surface area contributed by atoms with Crippen LogP contribution in [0.25, 0.3) is 22.3 Å². The first kappa shape index (κ1) is 20.3. The van der Waals surface area contributed by atoms with E-state index in [1.54, 1.807) is 0 Å². The van der Waals surface area contributed by atoms with Gasteiger partial charge in [0.05, 0.1) is 5.69 Å². The Labute approximate surface area is 184 Å². The van der Waals surface area contributed by atoms with Gasteiger partial charge in [0.15, 0.2) is 0 Å². The molecule has 0 spiro atoms. The lowest BCUT2D eigenvalue weighted by Crippen LogP contribution is -2.33. The summed E-state index contributed by atoms with van der Waals surface area (Å²) in [6.07, 6.45) is 10.2. The Balaban J connectivity index is 1.41. The lowest BCUT2D eigenvalue weighted by molar-refractivity contribution is -0.123. The summed E-state index contributed by atoms with van der Waals surface area (Å²) in [6, 6.07) is 8.47. The van der Waals surface area contributed by atoms with Crippen molar-refractivity contribution in [1.29, 1.82) is 0 Å². The highest BCUT2D eigenvalue weighted by Gasteiger charge is 2.32. The quantitative estimate of drug-likeness (QED) is 0.545. The number of aromatic amines is 2. The van der Waals surface area contributed by atoms with Crippen LogP contribution in [0.1, 0.15) is 70.1 Å². The number of nitrogens with one attached hydrogen (secondary N) is 2. The van der Waals surface area contributed by atoms with E-state index in [1.165, 1.54) is 43.4 Å². The second-order valence-electron chi connectivity index (χ2n) is 10.1. The number of fused-ring (bicyclic) bond motifs is 2. The van der Waals surface area contributed by atoms with Crippen LogP contribution in [0.5, 0.6) is 0 Å². The summed E-state index contributed by atoms with van der Waals surface area (Å²) in [5.41, 5.74) is 7.16. The van der Waals surface area contributed by atoms with Crippen molar-refractivity contribution in [2.45, 2.75) is 71.6 Å². The molecule has 1 atom stereocenters. The Kier molecular flexibility index (Phi) is 5.15. The standard InChI is InChI=1S/C26H34N4O/c1-4-26(2)13-12-20-23(16-26)28-29-24(20)22-14-18-10-11-19(15-21(18)27-22)30(3)25(31)17-8-6-5-7-9-17/h10-11,14-15,17,27H,4-9,12-13,16H2,1-3H3,(H,28,29). The molecule has 1 saturated carbocycles. The third kappa shape index (κ3) is 3.68. The Morgan fingerprint density at radius 1 is 1.23 bits per heavy atom. The largest absolute Gasteiger partial charge is 0.353 e. The number of aromatic nitrogens is 3. The van der Waals surface area contributed by atoms with Gasteiger partial charge < -0.3 is 9.88 Å². The average molecular weight is 419 g/mol. The van der Waals surface area contributed by atoms with Crippen molar-refractivity contribution < 1.29 is 4.79 Å². The highest BCUT2D eigenvalue weighted by molar-refractivity contribution is 5.97. The van der Waals surface area contributed by atoms with Gasteiger partial charge in [0.25, 0.3) is 0 Å². The molecular formula is C26H34N4O. The van der Waals surface area contributed by atoms with E-state index in [9.17, 15) is 4.79 Å². The van der Waals surface area contributed by atoms with Crippen molar-refractivity contribution in [2.24, 2.45) is 11.3 Å². The predicted molar refractivity (Wildman–Crippen MR) is 126 cm³/mol. The van der Waals surface area contributed by atoms with Gasteiger partial charge in [0, 0.05) is 40.8 Å². The first-order valence-corrected chi connectivity index (χ1v) is 11.9. The molecule has 2 aromatic heterocycles. The lowest BCUT2D eigenvalue weighted by atomic mass is 9.73. The summed E-state index contributed by atoms with van der Waals surface area (Å²) < 4.78 is 0. The zero-order valence-electron chi connectivity index (χ0n) is 19.1. The van der Waals surface area contributed by atoms with Gasteiger partial charge in [-0.3, -0.25) is 9.89 Å². The van der Waals surface area contributed by atoms with Crippen molar-refractivity contribution >= 4 is 22.5 Å². The van der Waals surface area contributed by atoms with Crippen LogP contribution >= 0.6 is 0 Å². The number of anilines is 1. The minimum Gasteiger partial charge on any atom is -0.353 e. The summed E-state index contributed by atoms with van der Waals surface area (Å²) in [4.78, 5) is 18.4. The third-order valence-corrected chi connectivity index (χ3v) is 7.92. The first-order chi connectivity index (χ1) is 15.0. The smallest absolute Gasteiger partial charge is 0.229 e. The molecule has 0 saturated heterocycles. The Bertz CT molecular complexity index is 1100. The predicted octanol–water partition coefficient (Wildman–Crippen LogP) is 6.01. The number of amides is 1. The molecule has 1 aromatic carbocycles. The normalized spacial score (nSPS) is 21.9. The number of rotatable bonds is 4. The van der Waals surface area contributed by atoms with Gasteiger partial charge in [-0.2, -0.15) is 5.10 Å². The average Bonchev–Trinajstić information content (AvgIpc) is 3.41. The fourth-order valence-corrected chi connectivity index (χ4v) is 5.49. The van der Waals surface area contributed by atoms with Gasteiger partial charge in [-0.15, -0.1) is 0 Å². The van der Waals surface area contributed by atoms with Gasteiger partial charge in [-0.1, -0.05) is 45.6 Å². The summed E-state index contributed by atoms with van der Waals surface area (Å²) in [6.45, 7) is 4.67. The molecule has 5 heteroatoms. The third-order valence-electron chi connectivity index (χ3n) is 7.92. The van der Waals surface area contributed by atoms with E-state index >= 15 is 0 Å². The van der Waals surface area contributed by atoms with Gasteiger partial charge in [-0.25, -0.2) is 0 Å². The van der Waals surface area contributed by atoms with Gasteiger partial charge in [0.1, 0.15) is 5.69 Å². The number of hydrogen-bond acceptors (Lipinski definition) is 2. The lowest BCUT2D eigenvalue weighted by Gasteiger charge is -2.32. The fourth-order valence-electron chi connectivity index (χ4n) is 5.49. The van der Waals surface area contributed by atoms with Crippen molar-refractivity contribution in [3.63, 3.8) is 0 Å². The molecule has 164 valence electrons. The van der Waals surface area contributed by atoms with Crippen LogP contribution in [-0.4, -0.2) is 28.1 Å². The highest BCUT2D eigenvalue weighted by Crippen LogP contribution is 2.40. The maximum absolute atomic E-state index is 13.0. The first-order valence-electron chi connectivity index (χ1n) is 11.9. The monoisotopic (exact) mass is 418 g/mol. The summed E-state index contributed by atoms with van der Waals surface area (Å²) in [7, 11) is 1.91. The van der Waals surface area contributed by atoms with Gasteiger partial charge in [0.2, 0.25) is 5.91 Å². The van der Waals surface area contributed by atoms with Crippen LogP contribution in [-0.2, 0) is 17.6 Å². The van der Waals surface area contributed by atoms with E-state index in [0.717, 1.165) is 53.7 Å². The summed E-state index contributed by atoms with van der Waals surface area (Å²) in [5.74, 6) is 0.434. The number of benzene rings is 1. The Hall–Kier alpha value is -2.56. The van der Waals surface area contributed by atoms with Crippen LogP contribution in [0.3, 0.4) is 0 Å². The molecule has 2 heterocycles. The summed E-state index contributed by atoms with van der Waals surface area (Å²) >= 11 is 0. The molecular weight excluding hydrogens is 384 g/mol. The molecule has 0 aliphatic heterocycles. The molecule has 0 bridgehead atoms. The van der Waals surface area contributed by atoms with E-state index in [4.69, 9.17) is 0 Å². The molecule has 1 amide bonds. The van der Waals surface area contributed by atoms with Gasteiger partial charge >= 0.3 is 0 Å². The number of hydrogen-bond donors (Lipinski definition) is 2. The zero-order chi connectivity index (χ0) is 21.6. The summed E-state index contributed by atoms with van der Waals surface area (Å²) in [5, 5.41) is 9.16. The minimum atomic E-state index is 0.179. The van der Waals surface area contributed by atoms with Crippen LogP contribution in [0.4, 0.5) is 5.69 Å². The van der Waals surface area contributed by atoms with E-state index < -0.39 is 0 Å². The molecule has 2 aliphatic carbocycles. The zero-order valence-corrected chi connectivity index (χ0v) is 19.1. The van der Waals surface area contributed by atoms with Crippen molar-refractivity contribution in [2.75, 3.05) is 11.9 Å². The van der Waals surface area contributed by atoms with Crippen molar-refractivity contribution in [3.8, 4) is 11.4 Å². The van der Waals surface area contributed by atoms with E-state index in [0.29, 0.717) is 5.41 Å². The highest BCUT2D eigenvalue weighted by atomic mass is 16.2. The maximum Gasteiger partial charge on any atom is 0.229 e. The number of carbonyl (C=O) groups excluding carboxylic acids is 1. The van der Waals surface area contributed by atoms with E-state index in [2.05, 4.69) is 53.3 Å². The molecule has 5 nitrogen and oxygen atoms in total. The Morgan fingerprint density at radius 3 is 2.81 bits per heavy atom. The van der Waals surface area contributed by atoms with Crippen LogP contribution in [0.2, 0.25) is 0 Å².